The molecule has 1 fully saturated rings. The van der Waals surface area contributed by atoms with E-state index in [1.54, 1.807) is 0 Å². The van der Waals surface area contributed by atoms with Crippen molar-refractivity contribution < 1.29 is 14.2 Å². The summed E-state index contributed by atoms with van der Waals surface area (Å²) in [5, 5.41) is 6.98. The average Bonchev–Trinajstić information content (AvgIpc) is 2.68. The highest BCUT2D eigenvalue weighted by Gasteiger charge is 2.33. The van der Waals surface area contributed by atoms with Gasteiger partial charge in [0.1, 0.15) is 11.4 Å². The smallest absolute Gasteiger partial charge is 0.191 e. The molecule has 1 unspecified atom stereocenters. The standard InChI is InChI=1S/C22H35N3O3/c1-4-23-21(24-12-7-13-27-17-10-14-26-15-11-17)25-19-16-22(2,3)28-20-9-6-5-8-18(19)20/h5-6,8-9,17,19H,4,7,10-16H2,1-3H3,(H2,23,24,25). The second-order valence-corrected chi connectivity index (χ2v) is 8.10. The summed E-state index contributed by atoms with van der Waals surface area (Å²) in [7, 11) is 0. The maximum absolute atomic E-state index is 6.14. The van der Waals surface area contributed by atoms with Crippen LogP contribution >= 0.6 is 0 Å². The fourth-order valence-corrected chi connectivity index (χ4v) is 3.76. The first kappa shape index (κ1) is 20.9. The Hall–Kier alpha value is -1.79. The second-order valence-electron chi connectivity index (χ2n) is 8.10. The van der Waals surface area contributed by atoms with Crippen molar-refractivity contribution in [2.24, 2.45) is 4.99 Å². The van der Waals surface area contributed by atoms with Crippen LogP contribution in [0.4, 0.5) is 0 Å². The minimum atomic E-state index is -0.207. The van der Waals surface area contributed by atoms with Crippen LogP contribution in [0.3, 0.4) is 0 Å². The lowest BCUT2D eigenvalue weighted by atomic mass is 9.90. The fourth-order valence-electron chi connectivity index (χ4n) is 3.76. The van der Waals surface area contributed by atoms with Crippen molar-refractivity contribution in [3.05, 3.63) is 29.8 Å². The number of nitrogens with zero attached hydrogens (tertiary/aromatic N) is 1. The van der Waals surface area contributed by atoms with Gasteiger partial charge in [-0.25, -0.2) is 0 Å². The Morgan fingerprint density at radius 3 is 2.82 bits per heavy atom. The van der Waals surface area contributed by atoms with Crippen LogP contribution in [-0.4, -0.2) is 50.6 Å². The molecule has 0 aromatic heterocycles. The lowest BCUT2D eigenvalue weighted by Gasteiger charge is -2.38. The predicted octanol–water partition coefficient (Wildman–Crippen LogP) is 3.43. The van der Waals surface area contributed by atoms with Gasteiger partial charge >= 0.3 is 0 Å². The van der Waals surface area contributed by atoms with Crippen molar-refractivity contribution in [1.29, 1.82) is 0 Å². The molecule has 6 nitrogen and oxygen atoms in total. The Bertz CT molecular complexity index is 642. The molecular formula is C22H35N3O3. The predicted molar refractivity (Wildman–Crippen MR) is 112 cm³/mol. The summed E-state index contributed by atoms with van der Waals surface area (Å²) in [4.78, 5) is 4.76. The Morgan fingerprint density at radius 1 is 1.25 bits per heavy atom. The van der Waals surface area contributed by atoms with Gasteiger partial charge in [-0.15, -0.1) is 0 Å². The molecule has 1 aromatic rings. The van der Waals surface area contributed by atoms with Gasteiger partial charge in [0.15, 0.2) is 5.96 Å². The molecule has 1 aromatic carbocycles. The number of hydrogen-bond donors (Lipinski definition) is 2. The molecule has 0 saturated carbocycles. The van der Waals surface area contributed by atoms with E-state index in [4.69, 9.17) is 19.2 Å². The minimum Gasteiger partial charge on any atom is -0.487 e. The number of hydrogen-bond acceptors (Lipinski definition) is 4. The van der Waals surface area contributed by atoms with Crippen LogP contribution in [0.5, 0.6) is 5.75 Å². The molecule has 0 radical (unpaired) electrons. The summed E-state index contributed by atoms with van der Waals surface area (Å²) in [5.41, 5.74) is 0.983. The number of nitrogens with one attached hydrogen (secondary N) is 2. The molecule has 156 valence electrons. The maximum atomic E-state index is 6.14. The van der Waals surface area contributed by atoms with Gasteiger partial charge in [-0.05, 0) is 46.1 Å². The number of benzene rings is 1. The molecule has 0 aliphatic carbocycles. The van der Waals surface area contributed by atoms with Crippen molar-refractivity contribution >= 4 is 5.96 Å². The third-order valence-electron chi connectivity index (χ3n) is 5.13. The molecule has 2 heterocycles. The number of para-hydroxylation sites is 1. The third-order valence-corrected chi connectivity index (χ3v) is 5.13. The van der Waals surface area contributed by atoms with Crippen molar-refractivity contribution in [2.75, 3.05) is 32.9 Å². The Morgan fingerprint density at radius 2 is 2.04 bits per heavy atom. The lowest BCUT2D eigenvalue weighted by Crippen LogP contribution is -2.45. The second kappa shape index (κ2) is 10.1. The molecule has 0 spiro atoms. The fraction of sp³-hybridized carbons (Fsp3) is 0.682. The summed E-state index contributed by atoms with van der Waals surface area (Å²) in [6.07, 6.45) is 4.18. The van der Waals surface area contributed by atoms with Gasteiger partial charge in [0.2, 0.25) is 0 Å². The maximum Gasteiger partial charge on any atom is 0.191 e. The van der Waals surface area contributed by atoms with E-state index in [-0.39, 0.29) is 11.6 Å². The number of ether oxygens (including phenoxy) is 3. The van der Waals surface area contributed by atoms with E-state index in [1.165, 1.54) is 5.56 Å². The van der Waals surface area contributed by atoms with Crippen molar-refractivity contribution in [3.8, 4) is 5.75 Å². The average molecular weight is 390 g/mol. The molecule has 2 aliphatic heterocycles. The van der Waals surface area contributed by atoms with E-state index in [1.807, 2.05) is 12.1 Å². The van der Waals surface area contributed by atoms with Crippen LogP contribution < -0.4 is 15.4 Å². The van der Waals surface area contributed by atoms with Gasteiger partial charge in [0.05, 0.1) is 12.1 Å². The van der Waals surface area contributed by atoms with Gasteiger partial charge in [-0.3, -0.25) is 4.99 Å². The Kier molecular flexibility index (Phi) is 7.57. The largest absolute Gasteiger partial charge is 0.487 e. The number of rotatable bonds is 7. The first-order valence-electron chi connectivity index (χ1n) is 10.6. The highest BCUT2D eigenvalue weighted by Crippen LogP contribution is 2.39. The van der Waals surface area contributed by atoms with Gasteiger partial charge in [0, 0.05) is 44.9 Å². The molecule has 0 bridgehead atoms. The van der Waals surface area contributed by atoms with E-state index in [0.717, 1.165) is 70.3 Å². The van der Waals surface area contributed by atoms with Gasteiger partial charge in [-0.2, -0.15) is 0 Å². The quantitative estimate of drug-likeness (QED) is 0.425. The van der Waals surface area contributed by atoms with Crippen LogP contribution in [0.15, 0.2) is 29.3 Å². The van der Waals surface area contributed by atoms with Crippen LogP contribution in [0.2, 0.25) is 0 Å². The zero-order valence-electron chi connectivity index (χ0n) is 17.5. The van der Waals surface area contributed by atoms with Crippen LogP contribution in [-0.2, 0) is 9.47 Å². The molecule has 3 rings (SSSR count). The molecule has 1 saturated heterocycles. The van der Waals surface area contributed by atoms with Crippen LogP contribution in [0, 0.1) is 0 Å². The number of aliphatic imine (C=N–C) groups is 1. The highest BCUT2D eigenvalue weighted by atomic mass is 16.5. The van der Waals surface area contributed by atoms with Gasteiger partial charge in [-0.1, -0.05) is 18.2 Å². The van der Waals surface area contributed by atoms with Crippen molar-refractivity contribution in [3.63, 3.8) is 0 Å². The van der Waals surface area contributed by atoms with Crippen LogP contribution in [0.1, 0.15) is 58.1 Å². The minimum absolute atomic E-state index is 0.177. The first-order chi connectivity index (χ1) is 13.6. The van der Waals surface area contributed by atoms with E-state index in [9.17, 15) is 0 Å². The van der Waals surface area contributed by atoms with Crippen LogP contribution in [0.25, 0.3) is 0 Å². The van der Waals surface area contributed by atoms with Gasteiger partial charge < -0.3 is 24.8 Å². The Balaban J connectivity index is 1.54. The summed E-state index contributed by atoms with van der Waals surface area (Å²) in [6, 6.07) is 8.44. The lowest BCUT2D eigenvalue weighted by molar-refractivity contribution is -0.0318. The first-order valence-corrected chi connectivity index (χ1v) is 10.6. The summed E-state index contributed by atoms with van der Waals surface area (Å²) < 4.78 is 17.4. The molecule has 2 aliphatic rings. The summed E-state index contributed by atoms with van der Waals surface area (Å²) in [6.45, 7) is 10.3. The van der Waals surface area contributed by atoms with E-state index in [0.29, 0.717) is 6.10 Å². The molecule has 28 heavy (non-hydrogen) atoms. The van der Waals surface area contributed by atoms with E-state index >= 15 is 0 Å². The molecule has 2 N–H and O–H groups in total. The Labute approximate surface area is 169 Å². The molecule has 6 heteroatoms. The normalized spacial score (nSPS) is 22.2. The number of fused-ring (bicyclic) bond motifs is 1. The van der Waals surface area contributed by atoms with Crippen molar-refractivity contribution in [1.82, 2.24) is 10.6 Å². The molecular weight excluding hydrogens is 354 g/mol. The monoisotopic (exact) mass is 389 g/mol. The highest BCUT2D eigenvalue weighted by molar-refractivity contribution is 5.80. The zero-order chi connectivity index (χ0) is 19.8. The summed E-state index contributed by atoms with van der Waals surface area (Å²) >= 11 is 0. The third kappa shape index (κ3) is 6.11. The SMILES string of the molecule is CCNC(=NCCCOC1CCOCC1)NC1CC(C)(C)Oc2ccccc21. The molecule has 1 atom stereocenters. The zero-order valence-corrected chi connectivity index (χ0v) is 17.5. The molecule has 0 amide bonds. The van der Waals surface area contributed by atoms with Crippen molar-refractivity contribution in [2.45, 2.75) is 64.2 Å². The van der Waals surface area contributed by atoms with E-state index in [2.05, 4.69) is 43.5 Å². The topological polar surface area (TPSA) is 64.1 Å². The number of guanidine groups is 1. The summed E-state index contributed by atoms with van der Waals surface area (Å²) in [5.74, 6) is 1.81. The van der Waals surface area contributed by atoms with E-state index < -0.39 is 0 Å². The van der Waals surface area contributed by atoms with Gasteiger partial charge in [0.25, 0.3) is 0 Å².